The second-order valence-corrected chi connectivity index (χ2v) is 9.49. The number of ether oxygens (including phenoxy) is 2. The number of morpholine rings is 1. The summed E-state index contributed by atoms with van der Waals surface area (Å²) in [6.45, 7) is 5.45. The zero-order valence-electron chi connectivity index (χ0n) is 21.2. The number of amides is 3. The van der Waals surface area contributed by atoms with Gasteiger partial charge in [-0.15, -0.1) is 0 Å². The third kappa shape index (κ3) is 5.37. The second-order valence-electron chi connectivity index (χ2n) is 9.49. The Hall–Kier alpha value is -4.25. The third-order valence-electron chi connectivity index (χ3n) is 6.71. The number of hydrogen-bond acceptors (Lipinski definition) is 8. The lowest BCUT2D eigenvalue weighted by Gasteiger charge is -2.34. The summed E-state index contributed by atoms with van der Waals surface area (Å²) in [7, 11) is 0. The number of carbonyl (C=O) groups excluding carboxylic acids is 3. The summed E-state index contributed by atoms with van der Waals surface area (Å²) in [6.07, 6.45) is 0.261. The molecule has 2 atom stereocenters. The van der Waals surface area contributed by atoms with Crippen LogP contribution in [0.15, 0.2) is 47.3 Å². The lowest BCUT2D eigenvalue weighted by atomic mass is 10.1. The van der Waals surface area contributed by atoms with Gasteiger partial charge in [0.2, 0.25) is 11.8 Å². The monoisotopic (exact) mass is 519 g/mol. The number of hydrogen-bond donors (Lipinski definition) is 2. The summed E-state index contributed by atoms with van der Waals surface area (Å²) in [6, 6.07) is 12.0. The number of nitrogens with one attached hydrogen (secondary N) is 2. The fourth-order valence-corrected chi connectivity index (χ4v) is 4.81. The van der Waals surface area contributed by atoms with Crippen molar-refractivity contribution in [2.75, 3.05) is 36.5 Å². The molecular weight excluding hydrogens is 490 g/mol. The quantitative estimate of drug-likeness (QED) is 0.472. The van der Waals surface area contributed by atoms with E-state index in [1.165, 1.54) is 11.6 Å². The second kappa shape index (κ2) is 10.6. The highest BCUT2D eigenvalue weighted by Crippen LogP contribution is 2.26. The average Bonchev–Trinajstić information content (AvgIpc) is 2.90. The molecule has 11 nitrogen and oxygen atoms in total. The molecule has 3 amide bonds. The van der Waals surface area contributed by atoms with Crippen LogP contribution in [-0.4, -0.2) is 59.9 Å². The van der Waals surface area contributed by atoms with Crippen LogP contribution in [0.2, 0.25) is 0 Å². The third-order valence-corrected chi connectivity index (χ3v) is 6.71. The van der Waals surface area contributed by atoms with Crippen molar-refractivity contribution in [3.05, 3.63) is 58.5 Å². The summed E-state index contributed by atoms with van der Waals surface area (Å²) in [5.74, 6) is -0.291. The van der Waals surface area contributed by atoms with E-state index in [1.807, 2.05) is 12.1 Å². The zero-order chi connectivity index (χ0) is 26.8. The van der Waals surface area contributed by atoms with Crippen LogP contribution in [0, 0.1) is 6.92 Å². The number of aromatic nitrogens is 2. The molecule has 2 saturated heterocycles. The van der Waals surface area contributed by atoms with Crippen molar-refractivity contribution in [2.45, 2.75) is 38.8 Å². The van der Waals surface area contributed by atoms with Crippen LogP contribution in [0.3, 0.4) is 0 Å². The van der Waals surface area contributed by atoms with Crippen molar-refractivity contribution in [3.8, 4) is 5.75 Å². The maximum Gasteiger partial charge on any atom is 0.275 e. The van der Waals surface area contributed by atoms with Gasteiger partial charge in [-0.25, -0.2) is 4.68 Å². The lowest BCUT2D eigenvalue weighted by Crippen LogP contribution is -2.45. The van der Waals surface area contributed by atoms with Crippen molar-refractivity contribution in [1.82, 2.24) is 15.1 Å². The summed E-state index contributed by atoms with van der Waals surface area (Å²) in [5, 5.41) is 10.6. The predicted octanol–water partition coefficient (Wildman–Crippen LogP) is 1.93. The molecule has 5 rings (SSSR count). The molecular formula is C27H29N5O6. The number of aryl methyl sites for hydroxylation is 1. The molecule has 2 fully saturated rings. The molecule has 0 radical (unpaired) electrons. The molecule has 0 spiro atoms. The summed E-state index contributed by atoms with van der Waals surface area (Å²) in [5.41, 5.74) is 1.91. The minimum atomic E-state index is -0.801. The van der Waals surface area contributed by atoms with Crippen molar-refractivity contribution >= 4 is 39.9 Å². The van der Waals surface area contributed by atoms with Gasteiger partial charge in [0.05, 0.1) is 17.7 Å². The zero-order valence-corrected chi connectivity index (χ0v) is 21.2. The largest absolute Gasteiger partial charge is 0.491 e. The number of carbonyl (C=O) groups is 3. The van der Waals surface area contributed by atoms with Gasteiger partial charge in [0.25, 0.3) is 11.5 Å². The molecule has 2 N–H and O–H groups in total. The summed E-state index contributed by atoms with van der Waals surface area (Å²) in [4.78, 5) is 50.4. The van der Waals surface area contributed by atoms with Crippen LogP contribution in [-0.2, 0) is 19.1 Å². The Morgan fingerprint density at radius 3 is 2.68 bits per heavy atom. The van der Waals surface area contributed by atoms with Gasteiger partial charge in [0.1, 0.15) is 24.5 Å². The van der Waals surface area contributed by atoms with Crippen LogP contribution in [0.25, 0.3) is 10.8 Å². The standard InChI is InChI=1S/C27H29N5O6/c1-16-23-13-19(5-8-22(23)27(36)32(30-16)24-9-10-25(34)29-26(24)35)31-11-12-37-21(14-31)15-38-20-6-3-18(4-7-20)28-17(2)33/h3-8,13,21,24H,9-12,14-15H2,1-2H3,(H,28,33)(H,29,34,35)/t21-,24?/m0/s1. The van der Waals surface area contributed by atoms with Crippen LogP contribution in [0.4, 0.5) is 11.4 Å². The minimum absolute atomic E-state index is 0.131. The van der Waals surface area contributed by atoms with E-state index in [2.05, 4.69) is 20.6 Å². The Bertz CT molecular complexity index is 1450. The van der Waals surface area contributed by atoms with Crippen LogP contribution < -0.4 is 25.8 Å². The van der Waals surface area contributed by atoms with E-state index >= 15 is 0 Å². The van der Waals surface area contributed by atoms with Crippen molar-refractivity contribution in [1.29, 1.82) is 0 Å². The molecule has 198 valence electrons. The fraction of sp³-hybridized carbons (Fsp3) is 0.370. The first-order valence-corrected chi connectivity index (χ1v) is 12.5. The lowest BCUT2D eigenvalue weighted by molar-refractivity contribution is -0.136. The minimum Gasteiger partial charge on any atom is -0.491 e. The predicted molar refractivity (Wildman–Crippen MR) is 140 cm³/mol. The van der Waals surface area contributed by atoms with E-state index in [-0.39, 0.29) is 36.3 Å². The van der Waals surface area contributed by atoms with Crippen LogP contribution in [0.5, 0.6) is 5.75 Å². The van der Waals surface area contributed by atoms with Crippen LogP contribution in [0.1, 0.15) is 31.5 Å². The van der Waals surface area contributed by atoms with E-state index in [4.69, 9.17) is 9.47 Å². The number of anilines is 2. The van der Waals surface area contributed by atoms with Crippen molar-refractivity contribution < 1.29 is 23.9 Å². The summed E-state index contributed by atoms with van der Waals surface area (Å²) < 4.78 is 13.0. The molecule has 3 aromatic rings. The van der Waals surface area contributed by atoms with Gasteiger partial charge in [-0.2, -0.15) is 5.10 Å². The first kappa shape index (κ1) is 25.4. The Morgan fingerprint density at radius 1 is 1.16 bits per heavy atom. The first-order chi connectivity index (χ1) is 18.3. The highest BCUT2D eigenvalue weighted by atomic mass is 16.5. The van der Waals surface area contributed by atoms with Crippen molar-refractivity contribution in [2.24, 2.45) is 0 Å². The normalized spacial score (nSPS) is 19.8. The highest BCUT2D eigenvalue weighted by Gasteiger charge is 2.30. The number of benzene rings is 2. The van der Waals surface area contributed by atoms with Gasteiger partial charge in [0, 0.05) is 43.2 Å². The Kier molecular flexibility index (Phi) is 7.10. The Labute approximate surface area is 218 Å². The maximum atomic E-state index is 13.2. The Balaban J connectivity index is 1.29. The number of fused-ring (bicyclic) bond motifs is 1. The molecule has 0 saturated carbocycles. The van der Waals surface area contributed by atoms with E-state index in [9.17, 15) is 19.2 Å². The number of imide groups is 1. The first-order valence-electron chi connectivity index (χ1n) is 12.5. The van der Waals surface area contributed by atoms with Gasteiger partial charge in [-0.1, -0.05) is 0 Å². The van der Waals surface area contributed by atoms with E-state index in [1.54, 1.807) is 37.3 Å². The van der Waals surface area contributed by atoms with E-state index in [0.29, 0.717) is 48.8 Å². The molecule has 11 heteroatoms. The van der Waals surface area contributed by atoms with Gasteiger partial charge in [-0.3, -0.25) is 24.5 Å². The highest BCUT2D eigenvalue weighted by molar-refractivity contribution is 5.99. The molecule has 1 unspecified atom stereocenters. The van der Waals surface area contributed by atoms with Gasteiger partial charge in [-0.05, 0) is 55.8 Å². The topological polar surface area (TPSA) is 132 Å². The molecule has 2 aromatic carbocycles. The van der Waals surface area contributed by atoms with E-state index < -0.39 is 11.9 Å². The van der Waals surface area contributed by atoms with Gasteiger partial charge < -0.3 is 19.7 Å². The SMILES string of the molecule is CC(=O)Nc1ccc(OC[C@@H]2CN(c3ccc4c(=O)n(C5CCC(=O)NC5=O)nc(C)c4c3)CCO2)cc1. The van der Waals surface area contributed by atoms with Gasteiger partial charge in [0.15, 0.2) is 0 Å². The van der Waals surface area contributed by atoms with E-state index in [0.717, 1.165) is 11.1 Å². The average molecular weight is 520 g/mol. The van der Waals surface area contributed by atoms with Crippen LogP contribution >= 0.6 is 0 Å². The number of piperidine rings is 1. The number of rotatable bonds is 6. The molecule has 1 aromatic heterocycles. The smallest absolute Gasteiger partial charge is 0.275 e. The fourth-order valence-electron chi connectivity index (χ4n) is 4.81. The molecule has 0 aliphatic carbocycles. The number of nitrogens with zero attached hydrogens (tertiary/aromatic N) is 3. The summed E-state index contributed by atoms with van der Waals surface area (Å²) >= 11 is 0. The molecule has 2 aliphatic rings. The van der Waals surface area contributed by atoms with Gasteiger partial charge >= 0.3 is 0 Å². The molecule has 0 bridgehead atoms. The molecule has 38 heavy (non-hydrogen) atoms. The Morgan fingerprint density at radius 2 is 1.95 bits per heavy atom. The molecule has 3 heterocycles. The molecule has 2 aliphatic heterocycles. The maximum absolute atomic E-state index is 13.2. The van der Waals surface area contributed by atoms with Crippen molar-refractivity contribution in [3.63, 3.8) is 0 Å².